The lowest BCUT2D eigenvalue weighted by molar-refractivity contribution is -0.127. The molecule has 1 atom stereocenters. The van der Waals surface area contributed by atoms with Gasteiger partial charge in [0.15, 0.2) is 6.10 Å². The Labute approximate surface area is 138 Å². The summed E-state index contributed by atoms with van der Waals surface area (Å²) in [7, 11) is 0. The van der Waals surface area contributed by atoms with E-state index in [1.54, 1.807) is 6.92 Å². The highest BCUT2D eigenvalue weighted by Crippen LogP contribution is 2.14. The molecule has 0 bridgehead atoms. The monoisotopic (exact) mass is 311 g/mol. The first-order chi connectivity index (χ1) is 11.1. The summed E-state index contributed by atoms with van der Waals surface area (Å²) in [5.41, 5.74) is 3.76. The maximum absolute atomic E-state index is 12.2. The molecule has 1 N–H and O–H groups in total. The minimum Gasteiger partial charge on any atom is -0.481 e. The molecule has 2 aromatic rings. The average Bonchev–Trinajstić information content (AvgIpc) is 2.60. The number of aryl methyl sites for hydroxylation is 2. The molecule has 0 saturated carbocycles. The number of hydrogen-bond acceptors (Lipinski definition) is 2. The zero-order chi connectivity index (χ0) is 16.7. The minimum atomic E-state index is -0.517. The van der Waals surface area contributed by atoms with Gasteiger partial charge in [0.2, 0.25) is 0 Å². The van der Waals surface area contributed by atoms with Crippen LogP contribution in [0.2, 0.25) is 0 Å². The maximum Gasteiger partial charge on any atom is 0.261 e. The molecule has 3 nitrogen and oxygen atoms in total. The van der Waals surface area contributed by atoms with Crippen LogP contribution >= 0.6 is 0 Å². The molecule has 0 heterocycles. The van der Waals surface area contributed by atoms with E-state index in [1.165, 1.54) is 16.7 Å². The molecule has 0 aliphatic carbocycles. The Kier molecular flexibility index (Phi) is 6.21. The van der Waals surface area contributed by atoms with Crippen molar-refractivity contribution in [1.82, 2.24) is 5.32 Å². The lowest BCUT2D eigenvalue weighted by Gasteiger charge is -2.16. The van der Waals surface area contributed by atoms with Crippen LogP contribution in [-0.4, -0.2) is 12.0 Å². The normalized spacial score (nSPS) is 11.8. The minimum absolute atomic E-state index is 0.0993. The van der Waals surface area contributed by atoms with Crippen LogP contribution in [0.1, 0.15) is 37.5 Å². The first kappa shape index (κ1) is 17.1. The molecular formula is C20H25NO2. The van der Waals surface area contributed by atoms with Gasteiger partial charge in [0.05, 0.1) is 0 Å². The Morgan fingerprint density at radius 1 is 1.04 bits per heavy atom. The number of rotatable bonds is 7. The first-order valence-electron chi connectivity index (χ1n) is 8.24. The lowest BCUT2D eigenvalue weighted by Crippen LogP contribution is -2.36. The number of carbonyl (C=O) groups is 1. The summed E-state index contributed by atoms with van der Waals surface area (Å²) in [6, 6.07) is 15.9. The molecule has 0 spiro atoms. The summed E-state index contributed by atoms with van der Waals surface area (Å²) in [5, 5.41) is 2.98. The fourth-order valence-corrected chi connectivity index (χ4v) is 2.49. The summed E-state index contributed by atoms with van der Waals surface area (Å²) in [6.07, 6.45) is 1.45. The number of hydrogen-bond donors (Lipinski definition) is 1. The third kappa shape index (κ3) is 4.85. The number of benzene rings is 2. The van der Waals surface area contributed by atoms with Crippen molar-refractivity contribution in [3.63, 3.8) is 0 Å². The SMILES string of the molecule is CCc1ccc(CC)c(CNC(=O)[C@@H](C)Oc2ccccc2)c1. The smallest absolute Gasteiger partial charge is 0.261 e. The van der Waals surface area contributed by atoms with Crippen molar-refractivity contribution >= 4 is 5.91 Å². The van der Waals surface area contributed by atoms with Gasteiger partial charge in [-0.05, 0) is 48.6 Å². The van der Waals surface area contributed by atoms with Crippen LogP contribution in [0.5, 0.6) is 5.75 Å². The van der Waals surface area contributed by atoms with Crippen molar-refractivity contribution in [3.05, 3.63) is 65.2 Å². The maximum atomic E-state index is 12.2. The van der Waals surface area contributed by atoms with Crippen LogP contribution in [0.15, 0.2) is 48.5 Å². The van der Waals surface area contributed by atoms with Gasteiger partial charge in [-0.25, -0.2) is 0 Å². The van der Waals surface area contributed by atoms with E-state index >= 15 is 0 Å². The zero-order valence-electron chi connectivity index (χ0n) is 14.1. The van der Waals surface area contributed by atoms with E-state index in [-0.39, 0.29) is 5.91 Å². The predicted octanol–water partition coefficient (Wildman–Crippen LogP) is 3.90. The number of nitrogens with one attached hydrogen (secondary N) is 1. The van der Waals surface area contributed by atoms with Gasteiger partial charge in [-0.15, -0.1) is 0 Å². The van der Waals surface area contributed by atoms with Crippen molar-refractivity contribution in [2.24, 2.45) is 0 Å². The molecule has 0 aliphatic heterocycles. The summed E-state index contributed by atoms with van der Waals surface area (Å²) >= 11 is 0. The van der Waals surface area contributed by atoms with Gasteiger partial charge >= 0.3 is 0 Å². The molecule has 0 saturated heterocycles. The Balaban J connectivity index is 1.96. The predicted molar refractivity (Wildman–Crippen MR) is 93.6 cm³/mol. The summed E-state index contributed by atoms with van der Waals surface area (Å²) in [5.74, 6) is 0.607. The van der Waals surface area contributed by atoms with E-state index in [0.717, 1.165) is 12.8 Å². The Hall–Kier alpha value is -2.29. The lowest BCUT2D eigenvalue weighted by atomic mass is 10.0. The van der Waals surface area contributed by atoms with Crippen LogP contribution in [-0.2, 0) is 24.2 Å². The Morgan fingerprint density at radius 3 is 2.43 bits per heavy atom. The molecule has 122 valence electrons. The highest BCUT2D eigenvalue weighted by molar-refractivity contribution is 5.80. The topological polar surface area (TPSA) is 38.3 Å². The molecule has 1 amide bonds. The van der Waals surface area contributed by atoms with Crippen molar-refractivity contribution in [2.45, 2.75) is 46.3 Å². The zero-order valence-corrected chi connectivity index (χ0v) is 14.1. The standard InChI is InChI=1S/C20H25NO2/c1-4-16-11-12-17(5-2)18(13-16)14-21-20(22)15(3)23-19-9-7-6-8-10-19/h6-13,15H,4-5,14H2,1-3H3,(H,21,22)/t15-/m1/s1. The van der Waals surface area contributed by atoms with Gasteiger partial charge in [0.1, 0.15) is 5.75 Å². The van der Waals surface area contributed by atoms with E-state index in [4.69, 9.17) is 4.74 Å². The van der Waals surface area contributed by atoms with Crippen LogP contribution in [0.25, 0.3) is 0 Å². The molecule has 0 aliphatic rings. The fourth-order valence-electron chi connectivity index (χ4n) is 2.49. The third-order valence-electron chi connectivity index (χ3n) is 3.94. The molecule has 0 aromatic heterocycles. The highest BCUT2D eigenvalue weighted by atomic mass is 16.5. The molecule has 3 heteroatoms. The van der Waals surface area contributed by atoms with Crippen molar-refractivity contribution < 1.29 is 9.53 Å². The quantitative estimate of drug-likeness (QED) is 0.842. The summed E-state index contributed by atoms with van der Waals surface area (Å²) in [6.45, 7) is 6.58. The third-order valence-corrected chi connectivity index (χ3v) is 3.94. The Morgan fingerprint density at radius 2 is 1.78 bits per heavy atom. The van der Waals surface area contributed by atoms with Crippen LogP contribution in [0.4, 0.5) is 0 Å². The van der Waals surface area contributed by atoms with Crippen molar-refractivity contribution in [2.75, 3.05) is 0 Å². The molecule has 0 unspecified atom stereocenters. The Bertz CT molecular complexity index is 637. The highest BCUT2D eigenvalue weighted by Gasteiger charge is 2.14. The van der Waals surface area contributed by atoms with Gasteiger partial charge in [-0.1, -0.05) is 50.2 Å². The van der Waals surface area contributed by atoms with Gasteiger partial charge in [0.25, 0.3) is 5.91 Å². The number of carbonyl (C=O) groups excluding carboxylic acids is 1. The van der Waals surface area contributed by atoms with Gasteiger partial charge in [-0.2, -0.15) is 0 Å². The fraction of sp³-hybridized carbons (Fsp3) is 0.350. The van der Waals surface area contributed by atoms with Gasteiger partial charge < -0.3 is 10.1 Å². The van der Waals surface area contributed by atoms with E-state index < -0.39 is 6.10 Å². The molecular weight excluding hydrogens is 286 g/mol. The van der Waals surface area contributed by atoms with Crippen LogP contribution in [0.3, 0.4) is 0 Å². The van der Waals surface area contributed by atoms with E-state index in [0.29, 0.717) is 12.3 Å². The van der Waals surface area contributed by atoms with Crippen molar-refractivity contribution in [3.8, 4) is 5.75 Å². The van der Waals surface area contributed by atoms with E-state index in [1.807, 2.05) is 30.3 Å². The molecule has 2 rings (SSSR count). The largest absolute Gasteiger partial charge is 0.481 e. The number of ether oxygens (including phenoxy) is 1. The van der Waals surface area contributed by atoms with Crippen molar-refractivity contribution in [1.29, 1.82) is 0 Å². The van der Waals surface area contributed by atoms with E-state index in [2.05, 4.69) is 37.4 Å². The summed E-state index contributed by atoms with van der Waals surface area (Å²) in [4.78, 5) is 12.2. The van der Waals surface area contributed by atoms with Crippen LogP contribution < -0.4 is 10.1 Å². The van der Waals surface area contributed by atoms with E-state index in [9.17, 15) is 4.79 Å². The molecule has 0 fully saturated rings. The van der Waals surface area contributed by atoms with Gasteiger partial charge in [0, 0.05) is 6.54 Å². The second-order valence-corrected chi connectivity index (χ2v) is 5.60. The molecule has 23 heavy (non-hydrogen) atoms. The second kappa shape index (κ2) is 8.37. The number of amides is 1. The number of para-hydroxylation sites is 1. The molecule has 2 aromatic carbocycles. The van der Waals surface area contributed by atoms with Gasteiger partial charge in [-0.3, -0.25) is 4.79 Å². The second-order valence-electron chi connectivity index (χ2n) is 5.60. The summed E-state index contributed by atoms with van der Waals surface area (Å²) < 4.78 is 5.65. The first-order valence-corrected chi connectivity index (χ1v) is 8.24. The van der Waals surface area contributed by atoms with Crippen LogP contribution in [0, 0.1) is 0 Å². The molecule has 0 radical (unpaired) electrons. The average molecular weight is 311 g/mol.